The van der Waals surface area contributed by atoms with Crippen molar-refractivity contribution in [3.05, 3.63) is 65.6 Å². The first-order valence-corrected chi connectivity index (χ1v) is 9.24. The van der Waals surface area contributed by atoms with E-state index in [2.05, 4.69) is 9.97 Å². The number of alkyl halides is 2. The van der Waals surface area contributed by atoms with Gasteiger partial charge in [-0.2, -0.15) is 0 Å². The van der Waals surface area contributed by atoms with Gasteiger partial charge in [0.25, 0.3) is 6.43 Å². The number of pyridine rings is 1. The molecule has 0 atom stereocenters. The van der Waals surface area contributed by atoms with Crippen LogP contribution in [0.1, 0.15) is 5.69 Å². The van der Waals surface area contributed by atoms with Crippen LogP contribution in [0, 0.1) is 5.82 Å². The number of carbonyl (C=O) groups excluding carboxylic acids is 1. The summed E-state index contributed by atoms with van der Waals surface area (Å²) in [6, 6.07) is 7.31. The average Bonchev–Trinajstić information content (AvgIpc) is 3.27. The maximum atomic E-state index is 14.5. The lowest BCUT2D eigenvalue weighted by Crippen LogP contribution is -2.15. The van der Waals surface area contributed by atoms with Crippen molar-refractivity contribution in [1.82, 2.24) is 18.9 Å². The van der Waals surface area contributed by atoms with Gasteiger partial charge in [-0.05, 0) is 30.3 Å². The summed E-state index contributed by atoms with van der Waals surface area (Å²) in [4.78, 5) is 19.7. The molecule has 0 aliphatic heterocycles. The van der Waals surface area contributed by atoms with Crippen LogP contribution < -0.4 is 5.73 Å². The van der Waals surface area contributed by atoms with Crippen molar-refractivity contribution in [1.29, 1.82) is 0 Å². The second-order valence-electron chi connectivity index (χ2n) is 6.65. The number of amides is 1. The second kappa shape index (κ2) is 7.83. The Morgan fingerprint density at radius 1 is 1.20 bits per heavy atom. The van der Waals surface area contributed by atoms with E-state index in [1.165, 1.54) is 35.3 Å². The molecule has 0 aliphatic carbocycles. The lowest BCUT2D eigenvalue weighted by molar-refractivity contribution is -0.117. The fraction of sp³-hybridized carbons (Fsp3) is 0.150. The van der Waals surface area contributed by atoms with Gasteiger partial charge in [0.05, 0.1) is 36.4 Å². The Bertz CT molecular complexity index is 1250. The molecule has 2 N–H and O–H groups in total. The van der Waals surface area contributed by atoms with Crippen LogP contribution in [0.3, 0.4) is 0 Å². The number of aromatic nitrogens is 4. The third-order valence-corrected chi connectivity index (χ3v) is 4.80. The van der Waals surface area contributed by atoms with Gasteiger partial charge in [0.2, 0.25) is 5.91 Å². The average molecular weight is 434 g/mol. The molecule has 6 nitrogen and oxygen atoms in total. The number of hydrogen-bond donors (Lipinski definition) is 1. The minimum absolute atomic E-state index is 0.0449. The lowest BCUT2D eigenvalue weighted by atomic mass is 10.1. The summed E-state index contributed by atoms with van der Waals surface area (Å²) in [5.74, 6) is -1.12. The van der Waals surface area contributed by atoms with Crippen LogP contribution >= 0.6 is 11.6 Å². The lowest BCUT2D eigenvalue weighted by Gasteiger charge is -2.12. The van der Waals surface area contributed by atoms with E-state index < -0.39 is 24.7 Å². The number of fused-ring (bicyclic) bond motifs is 1. The number of nitrogens with two attached hydrogens (primary N) is 1. The maximum absolute atomic E-state index is 14.5. The van der Waals surface area contributed by atoms with Crippen molar-refractivity contribution in [3.63, 3.8) is 0 Å². The third-order valence-electron chi connectivity index (χ3n) is 4.57. The van der Waals surface area contributed by atoms with Gasteiger partial charge in [-0.15, -0.1) is 0 Å². The van der Waals surface area contributed by atoms with Gasteiger partial charge >= 0.3 is 0 Å². The third kappa shape index (κ3) is 3.76. The fourth-order valence-corrected chi connectivity index (χ4v) is 3.50. The first-order chi connectivity index (χ1) is 14.3. The van der Waals surface area contributed by atoms with Crippen molar-refractivity contribution >= 4 is 23.2 Å². The van der Waals surface area contributed by atoms with Crippen molar-refractivity contribution < 1.29 is 18.0 Å². The molecule has 0 radical (unpaired) electrons. The number of halogens is 4. The molecule has 1 amide bonds. The molecule has 4 aromatic rings. The predicted octanol–water partition coefficient (Wildman–Crippen LogP) is 3.95. The van der Waals surface area contributed by atoms with Crippen LogP contribution in [0.2, 0.25) is 5.02 Å². The molecule has 0 saturated heterocycles. The summed E-state index contributed by atoms with van der Waals surface area (Å²) < 4.78 is 43.7. The molecular formula is C20H15ClF3N5O. The van der Waals surface area contributed by atoms with Crippen LogP contribution in [-0.4, -0.2) is 31.3 Å². The van der Waals surface area contributed by atoms with Gasteiger partial charge in [-0.3, -0.25) is 4.79 Å². The van der Waals surface area contributed by atoms with Crippen LogP contribution in [0.4, 0.5) is 13.2 Å². The van der Waals surface area contributed by atoms with Crippen molar-refractivity contribution in [2.24, 2.45) is 5.73 Å². The first-order valence-electron chi connectivity index (χ1n) is 8.87. The molecule has 0 unspecified atom stereocenters. The number of imidazole rings is 2. The van der Waals surface area contributed by atoms with Gasteiger partial charge < -0.3 is 14.7 Å². The quantitative estimate of drug-likeness (QED) is 0.500. The minimum Gasteiger partial charge on any atom is -0.369 e. The van der Waals surface area contributed by atoms with Crippen molar-refractivity contribution in [2.75, 3.05) is 0 Å². The highest BCUT2D eigenvalue weighted by atomic mass is 35.5. The highest BCUT2D eigenvalue weighted by Crippen LogP contribution is 2.34. The molecule has 0 aliphatic rings. The molecule has 0 saturated carbocycles. The van der Waals surface area contributed by atoms with E-state index in [9.17, 15) is 18.0 Å². The number of hydrogen-bond acceptors (Lipinski definition) is 3. The maximum Gasteiger partial charge on any atom is 0.256 e. The van der Waals surface area contributed by atoms with E-state index in [0.717, 1.165) is 0 Å². The van der Waals surface area contributed by atoms with E-state index in [-0.39, 0.29) is 28.4 Å². The van der Waals surface area contributed by atoms with Gasteiger partial charge in [0.1, 0.15) is 11.5 Å². The zero-order valence-electron chi connectivity index (χ0n) is 15.4. The molecule has 0 bridgehead atoms. The SMILES string of the molecule is NC(=O)Cc1cnc2ccc(-c3c(-c4cc(Cl)ccc4F)ncn3CC(F)F)cn12. The van der Waals surface area contributed by atoms with E-state index >= 15 is 0 Å². The molecule has 154 valence electrons. The summed E-state index contributed by atoms with van der Waals surface area (Å²) in [5, 5.41) is 0.287. The van der Waals surface area contributed by atoms with Crippen molar-refractivity contribution in [2.45, 2.75) is 19.4 Å². The Labute approximate surface area is 173 Å². The zero-order valence-corrected chi connectivity index (χ0v) is 16.2. The highest BCUT2D eigenvalue weighted by molar-refractivity contribution is 6.30. The Morgan fingerprint density at radius 2 is 2.00 bits per heavy atom. The highest BCUT2D eigenvalue weighted by Gasteiger charge is 2.21. The van der Waals surface area contributed by atoms with E-state index in [1.807, 2.05) is 0 Å². The van der Waals surface area contributed by atoms with E-state index in [4.69, 9.17) is 17.3 Å². The van der Waals surface area contributed by atoms with E-state index in [1.54, 1.807) is 22.7 Å². The molecule has 0 fully saturated rings. The topological polar surface area (TPSA) is 78.2 Å². The Morgan fingerprint density at radius 3 is 2.73 bits per heavy atom. The molecule has 30 heavy (non-hydrogen) atoms. The van der Waals surface area contributed by atoms with Crippen molar-refractivity contribution in [3.8, 4) is 22.5 Å². The molecule has 3 heterocycles. The van der Waals surface area contributed by atoms with Gasteiger partial charge in [-0.25, -0.2) is 23.1 Å². The zero-order chi connectivity index (χ0) is 21.4. The summed E-state index contributed by atoms with van der Waals surface area (Å²) in [5.41, 5.74) is 7.41. The normalized spacial score (nSPS) is 11.5. The van der Waals surface area contributed by atoms with Crippen LogP contribution in [0.25, 0.3) is 28.2 Å². The fourth-order valence-electron chi connectivity index (χ4n) is 3.33. The summed E-state index contributed by atoms with van der Waals surface area (Å²) in [6.45, 7) is -0.624. The Hall–Kier alpha value is -3.33. The van der Waals surface area contributed by atoms with Crippen LogP contribution in [0.15, 0.2) is 49.1 Å². The van der Waals surface area contributed by atoms with Gasteiger partial charge in [0, 0.05) is 28.5 Å². The molecule has 1 aromatic carbocycles. The smallest absolute Gasteiger partial charge is 0.256 e. The number of benzene rings is 1. The molecular weight excluding hydrogens is 419 g/mol. The number of nitrogens with zero attached hydrogens (tertiary/aromatic N) is 4. The van der Waals surface area contributed by atoms with Crippen LogP contribution in [-0.2, 0) is 17.8 Å². The standard InChI is InChI=1S/C20H15ClF3N5O/c21-12-2-3-15(22)14(5-12)19-20(28(10-27-19)9-16(23)24)11-1-4-18-26-7-13(6-17(25)30)29(18)8-11/h1-5,7-8,10,16H,6,9H2,(H2,25,30). The summed E-state index contributed by atoms with van der Waals surface area (Å²) in [7, 11) is 0. The molecule has 0 spiro atoms. The number of primary amides is 1. The Kier molecular flexibility index (Phi) is 5.21. The number of carbonyl (C=O) groups is 1. The van der Waals surface area contributed by atoms with Gasteiger partial charge in [-0.1, -0.05) is 11.6 Å². The van der Waals surface area contributed by atoms with Gasteiger partial charge in [0.15, 0.2) is 0 Å². The first kappa shape index (κ1) is 20.0. The molecule has 10 heteroatoms. The van der Waals surface area contributed by atoms with Crippen LogP contribution in [0.5, 0.6) is 0 Å². The van der Waals surface area contributed by atoms with E-state index in [0.29, 0.717) is 16.9 Å². The molecule has 4 rings (SSSR count). The second-order valence-corrected chi connectivity index (χ2v) is 7.08. The molecule has 3 aromatic heterocycles. The monoisotopic (exact) mass is 433 g/mol. The minimum atomic E-state index is -2.64. The Balaban J connectivity index is 1.93. The number of rotatable bonds is 6. The predicted molar refractivity (Wildman–Crippen MR) is 106 cm³/mol. The summed E-state index contributed by atoms with van der Waals surface area (Å²) >= 11 is 6.01. The largest absolute Gasteiger partial charge is 0.369 e. The summed E-state index contributed by atoms with van der Waals surface area (Å²) in [6.07, 6.45) is 1.69.